The van der Waals surface area contributed by atoms with Crippen molar-refractivity contribution in [1.29, 1.82) is 0 Å². The number of hydrazone groups is 1. The first-order chi connectivity index (χ1) is 9.28. The number of carbonyl (C=O) groups is 1. The largest absolute Gasteiger partial charge is 0.461 e. The monoisotopic (exact) mass is 306 g/mol. The van der Waals surface area contributed by atoms with Crippen LogP contribution in [0.5, 0.6) is 0 Å². The molecule has 0 bridgehead atoms. The molecule has 1 rings (SSSR count). The zero-order valence-corrected chi connectivity index (χ0v) is 13.5. The molecule has 1 atom stereocenters. The van der Waals surface area contributed by atoms with E-state index in [0.717, 1.165) is 0 Å². The van der Waals surface area contributed by atoms with Gasteiger partial charge in [-0.1, -0.05) is 0 Å². The number of carbonyl (C=O) groups excluding carboxylic acids is 1. The quantitative estimate of drug-likeness (QED) is 0.573. The molecule has 116 valence electrons. The smallest absolute Gasteiger partial charge is 0.355 e. The average Bonchev–Trinajstić information content (AvgIpc) is 2.76. The van der Waals surface area contributed by atoms with Gasteiger partial charge in [0, 0.05) is 6.42 Å². The summed E-state index contributed by atoms with van der Waals surface area (Å²) in [5, 5.41) is 3.88. The van der Waals surface area contributed by atoms with Crippen LogP contribution in [-0.2, 0) is 23.1 Å². The average molecular weight is 306 g/mol. The molecule has 0 spiro atoms. The van der Waals surface area contributed by atoms with Crippen molar-refractivity contribution >= 4 is 19.3 Å². The SMILES string of the molecule is CCOC(=O)C1=NN[C@H](P(=O)(OC(C)C)OC(C)C)C1. The summed E-state index contributed by atoms with van der Waals surface area (Å²) in [6.45, 7) is 9.09. The Bertz CT molecular complexity index is 408. The van der Waals surface area contributed by atoms with Crippen LogP contribution in [0.3, 0.4) is 0 Å². The summed E-state index contributed by atoms with van der Waals surface area (Å²) in [5.41, 5.74) is 2.88. The molecule has 20 heavy (non-hydrogen) atoms. The van der Waals surface area contributed by atoms with Crippen molar-refractivity contribution in [3.63, 3.8) is 0 Å². The van der Waals surface area contributed by atoms with Crippen LogP contribution < -0.4 is 5.43 Å². The lowest BCUT2D eigenvalue weighted by Crippen LogP contribution is -2.26. The van der Waals surface area contributed by atoms with Gasteiger partial charge in [0.1, 0.15) is 5.71 Å². The van der Waals surface area contributed by atoms with Crippen LogP contribution in [0.15, 0.2) is 5.10 Å². The fourth-order valence-electron chi connectivity index (χ4n) is 1.71. The predicted molar refractivity (Wildman–Crippen MR) is 75.7 cm³/mol. The van der Waals surface area contributed by atoms with Gasteiger partial charge in [0.25, 0.3) is 0 Å². The van der Waals surface area contributed by atoms with E-state index in [-0.39, 0.29) is 30.9 Å². The Kier molecular flexibility index (Phi) is 6.17. The fourth-order valence-corrected chi connectivity index (χ4v) is 3.83. The summed E-state index contributed by atoms with van der Waals surface area (Å²) in [6, 6.07) is 0. The Morgan fingerprint density at radius 2 is 1.90 bits per heavy atom. The maximum absolute atomic E-state index is 12.8. The second kappa shape index (κ2) is 7.20. The van der Waals surface area contributed by atoms with Gasteiger partial charge in [0.05, 0.1) is 18.8 Å². The van der Waals surface area contributed by atoms with Gasteiger partial charge in [-0.3, -0.25) is 9.99 Å². The molecule has 0 amide bonds. The molecule has 0 unspecified atom stereocenters. The number of esters is 1. The van der Waals surface area contributed by atoms with Gasteiger partial charge in [-0.15, -0.1) is 0 Å². The van der Waals surface area contributed by atoms with E-state index in [9.17, 15) is 9.36 Å². The first kappa shape index (κ1) is 17.1. The minimum Gasteiger partial charge on any atom is -0.461 e. The number of nitrogens with one attached hydrogen (secondary N) is 1. The van der Waals surface area contributed by atoms with Crippen LogP contribution in [0.4, 0.5) is 0 Å². The van der Waals surface area contributed by atoms with Crippen LogP contribution >= 0.6 is 7.60 Å². The minimum atomic E-state index is -3.41. The van der Waals surface area contributed by atoms with Gasteiger partial charge >= 0.3 is 13.6 Å². The van der Waals surface area contributed by atoms with Gasteiger partial charge in [0.15, 0.2) is 5.78 Å². The van der Waals surface area contributed by atoms with Crippen molar-refractivity contribution in [2.45, 2.75) is 59.0 Å². The second-order valence-electron chi connectivity index (χ2n) is 4.98. The first-order valence-electron chi connectivity index (χ1n) is 6.74. The first-order valence-corrected chi connectivity index (χ1v) is 8.35. The van der Waals surface area contributed by atoms with E-state index in [1.165, 1.54) is 0 Å². The van der Waals surface area contributed by atoms with Crippen molar-refractivity contribution in [2.75, 3.05) is 6.61 Å². The third kappa shape index (κ3) is 4.58. The summed E-state index contributed by atoms with van der Waals surface area (Å²) in [7, 11) is -3.41. The van der Waals surface area contributed by atoms with E-state index >= 15 is 0 Å². The third-order valence-corrected chi connectivity index (χ3v) is 4.84. The van der Waals surface area contributed by atoms with Crippen molar-refractivity contribution in [2.24, 2.45) is 5.10 Å². The molecular formula is C12H23N2O5P. The summed E-state index contributed by atoms with van der Waals surface area (Å²) < 4.78 is 28.6. The van der Waals surface area contributed by atoms with Crippen molar-refractivity contribution in [1.82, 2.24) is 5.43 Å². The number of nitrogens with zero attached hydrogens (tertiary/aromatic N) is 1. The molecule has 0 fully saturated rings. The summed E-state index contributed by atoms with van der Waals surface area (Å²) >= 11 is 0. The molecule has 1 aliphatic rings. The van der Waals surface area contributed by atoms with E-state index in [1.807, 2.05) is 0 Å². The molecular weight excluding hydrogens is 283 g/mol. The molecule has 1 aliphatic heterocycles. The van der Waals surface area contributed by atoms with E-state index in [2.05, 4.69) is 10.5 Å². The Labute approximate surface area is 119 Å². The summed E-state index contributed by atoms with van der Waals surface area (Å²) in [5.74, 6) is -1.17. The van der Waals surface area contributed by atoms with Crippen LogP contribution in [-0.4, -0.2) is 36.3 Å². The highest BCUT2D eigenvalue weighted by atomic mass is 31.2. The highest BCUT2D eigenvalue weighted by Gasteiger charge is 2.42. The zero-order chi connectivity index (χ0) is 15.3. The zero-order valence-electron chi connectivity index (χ0n) is 12.6. The fraction of sp³-hybridized carbons (Fsp3) is 0.833. The molecule has 0 radical (unpaired) electrons. The highest BCUT2D eigenvalue weighted by molar-refractivity contribution is 7.54. The molecule has 0 saturated carbocycles. The van der Waals surface area contributed by atoms with Crippen LogP contribution in [0.2, 0.25) is 0 Å². The Hall–Kier alpha value is -0.910. The van der Waals surface area contributed by atoms with Crippen molar-refractivity contribution in [3.05, 3.63) is 0 Å². The lowest BCUT2D eigenvalue weighted by atomic mass is 10.3. The van der Waals surface area contributed by atoms with Crippen LogP contribution in [0.25, 0.3) is 0 Å². The van der Waals surface area contributed by atoms with E-state index in [4.69, 9.17) is 13.8 Å². The molecule has 1 N–H and O–H groups in total. The Morgan fingerprint density at radius 3 is 2.35 bits per heavy atom. The lowest BCUT2D eigenvalue weighted by molar-refractivity contribution is -0.135. The van der Waals surface area contributed by atoms with Crippen molar-refractivity contribution in [3.8, 4) is 0 Å². The number of ether oxygens (including phenoxy) is 1. The maximum atomic E-state index is 12.8. The van der Waals surface area contributed by atoms with E-state index < -0.39 is 19.3 Å². The molecule has 0 saturated heterocycles. The van der Waals surface area contributed by atoms with Gasteiger partial charge < -0.3 is 13.8 Å². The number of rotatable bonds is 7. The van der Waals surface area contributed by atoms with Crippen molar-refractivity contribution < 1.29 is 23.1 Å². The molecule has 8 heteroatoms. The number of hydrogen-bond donors (Lipinski definition) is 1. The van der Waals surface area contributed by atoms with Gasteiger partial charge in [-0.2, -0.15) is 5.10 Å². The molecule has 0 aromatic rings. The maximum Gasteiger partial charge on any atom is 0.355 e. The predicted octanol–water partition coefficient (Wildman–Crippen LogP) is 2.27. The lowest BCUT2D eigenvalue weighted by Gasteiger charge is -2.26. The molecule has 0 aliphatic carbocycles. The number of hydrogen-bond acceptors (Lipinski definition) is 7. The summed E-state index contributed by atoms with van der Waals surface area (Å²) in [4.78, 5) is 11.6. The van der Waals surface area contributed by atoms with Gasteiger partial charge in [-0.25, -0.2) is 4.79 Å². The normalized spacial score (nSPS) is 19.1. The Morgan fingerprint density at radius 1 is 1.35 bits per heavy atom. The van der Waals surface area contributed by atoms with Gasteiger partial charge in [0.2, 0.25) is 0 Å². The molecule has 0 aromatic heterocycles. The van der Waals surface area contributed by atoms with E-state index in [0.29, 0.717) is 0 Å². The topological polar surface area (TPSA) is 86.2 Å². The molecule has 0 aromatic carbocycles. The molecule has 1 heterocycles. The third-order valence-electron chi connectivity index (χ3n) is 2.34. The minimum absolute atomic E-state index is 0.162. The van der Waals surface area contributed by atoms with Crippen LogP contribution in [0.1, 0.15) is 41.0 Å². The summed E-state index contributed by atoms with van der Waals surface area (Å²) in [6.07, 6.45) is -0.351. The van der Waals surface area contributed by atoms with Crippen LogP contribution in [0, 0.1) is 0 Å². The highest BCUT2D eigenvalue weighted by Crippen LogP contribution is 2.56. The van der Waals surface area contributed by atoms with Gasteiger partial charge in [-0.05, 0) is 34.6 Å². The standard InChI is InChI=1S/C12H23N2O5P/c1-6-17-12(15)10-7-11(14-13-10)20(16,18-8(2)3)19-9(4)5/h8-9,11,14H,6-7H2,1-5H3/t11-/m1/s1. The molecule has 7 nitrogen and oxygen atoms in total. The second-order valence-corrected chi connectivity index (χ2v) is 7.10. The Balaban J connectivity index is 2.76. The van der Waals surface area contributed by atoms with E-state index in [1.54, 1.807) is 34.6 Å².